The standard InChI is InChI=1S/C30H25FN2O7S/c1-14-9-16-10-15(5-8-20(16)40-14)26(34)24-25(17-11-21(37-2)28(39-4)22(12-17)38-3)33(29(36)27(24)35)30-32-19-7-6-18(31)13-23(19)41-30/h5-8,10-14,25,34H,9H2,1-4H3. The van der Waals surface area contributed by atoms with Crippen molar-refractivity contribution in [3.05, 3.63) is 76.6 Å². The topological polar surface area (TPSA) is 107 Å². The summed E-state index contributed by atoms with van der Waals surface area (Å²) in [6.07, 6.45) is 0.625. The van der Waals surface area contributed by atoms with Crippen LogP contribution in [0.5, 0.6) is 23.0 Å². The summed E-state index contributed by atoms with van der Waals surface area (Å²) in [5.74, 6) is -0.967. The van der Waals surface area contributed by atoms with Gasteiger partial charge in [-0.2, -0.15) is 0 Å². The van der Waals surface area contributed by atoms with Gasteiger partial charge in [-0.05, 0) is 66.6 Å². The number of anilines is 1. The lowest BCUT2D eigenvalue weighted by atomic mass is 9.94. The fourth-order valence-electron chi connectivity index (χ4n) is 5.32. The first-order valence-electron chi connectivity index (χ1n) is 12.7. The molecule has 41 heavy (non-hydrogen) atoms. The van der Waals surface area contributed by atoms with Crippen molar-refractivity contribution in [1.82, 2.24) is 4.98 Å². The van der Waals surface area contributed by atoms with Crippen LogP contribution in [0.25, 0.3) is 16.0 Å². The zero-order valence-corrected chi connectivity index (χ0v) is 23.4. The molecule has 2 atom stereocenters. The Morgan fingerprint density at radius 3 is 2.46 bits per heavy atom. The van der Waals surface area contributed by atoms with Crippen molar-refractivity contribution in [3.8, 4) is 23.0 Å². The van der Waals surface area contributed by atoms with Gasteiger partial charge in [0.25, 0.3) is 5.78 Å². The predicted molar refractivity (Wildman–Crippen MR) is 151 cm³/mol. The van der Waals surface area contributed by atoms with Crippen LogP contribution < -0.4 is 23.8 Å². The quantitative estimate of drug-likeness (QED) is 0.185. The van der Waals surface area contributed by atoms with Gasteiger partial charge in [0, 0.05) is 12.0 Å². The molecule has 1 fully saturated rings. The van der Waals surface area contributed by atoms with Gasteiger partial charge in [0.05, 0.1) is 43.2 Å². The highest BCUT2D eigenvalue weighted by atomic mass is 32.1. The third-order valence-electron chi connectivity index (χ3n) is 7.16. The molecule has 2 aliphatic rings. The SMILES string of the molecule is COc1cc(C2C(=C(O)c3ccc4c(c3)CC(C)O4)C(=O)C(=O)N2c2nc3ccc(F)cc3s2)cc(OC)c1OC. The van der Waals surface area contributed by atoms with Gasteiger partial charge in [-0.3, -0.25) is 14.5 Å². The van der Waals surface area contributed by atoms with Crippen molar-refractivity contribution < 1.29 is 38.0 Å². The number of rotatable bonds is 6. The van der Waals surface area contributed by atoms with Crippen molar-refractivity contribution in [3.63, 3.8) is 0 Å². The average molecular weight is 577 g/mol. The van der Waals surface area contributed by atoms with Crippen molar-refractivity contribution in [2.45, 2.75) is 25.5 Å². The molecule has 0 aliphatic carbocycles. The number of halogens is 1. The van der Waals surface area contributed by atoms with Crippen LogP contribution in [0.2, 0.25) is 0 Å². The van der Waals surface area contributed by atoms with E-state index in [1.54, 1.807) is 30.3 Å². The zero-order valence-electron chi connectivity index (χ0n) is 22.6. The number of ether oxygens (including phenoxy) is 4. The number of benzene rings is 3. The van der Waals surface area contributed by atoms with E-state index >= 15 is 0 Å². The maximum Gasteiger partial charge on any atom is 0.301 e. The summed E-state index contributed by atoms with van der Waals surface area (Å²) >= 11 is 1.06. The molecule has 11 heteroatoms. The summed E-state index contributed by atoms with van der Waals surface area (Å²) in [4.78, 5) is 33.1. The van der Waals surface area contributed by atoms with Gasteiger partial charge in [0.2, 0.25) is 5.75 Å². The highest BCUT2D eigenvalue weighted by Gasteiger charge is 2.48. The van der Waals surface area contributed by atoms with Crippen molar-refractivity contribution in [2.24, 2.45) is 0 Å². The number of carbonyl (C=O) groups excluding carboxylic acids is 2. The maximum atomic E-state index is 14.0. The molecule has 3 aromatic carbocycles. The number of carbonyl (C=O) groups is 2. The largest absolute Gasteiger partial charge is 0.507 e. The van der Waals surface area contributed by atoms with Crippen LogP contribution in [0, 0.1) is 5.82 Å². The van der Waals surface area contributed by atoms with Gasteiger partial charge >= 0.3 is 5.91 Å². The van der Waals surface area contributed by atoms with E-state index in [9.17, 15) is 19.1 Å². The molecule has 0 bridgehead atoms. The van der Waals surface area contributed by atoms with Gasteiger partial charge in [-0.1, -0.05) is 11.3 Å². The number of hydrogen-bond acceptors (Lipinski definition) is 9. The first kappa shape index (κ1) is 26.6. The molecular formula is C30H25FN2O7S. The molecule has 3 heterocycles. The molecule has 1 amide bonds. The summed E-state index contributed by atoms with van der Waals surface area (Å²) < 4.78 is 36.8. The Bertz CT molecular complexity index is 1740. The number of aliphatic hydroxyl groups is 1. The Hall–Kier alpha value is -4.64. The average Bonchev–Trinajstić information content (AvgIpc) is 3.63. The Kier molecular flexibility index (Phi) is 6.53. The fourth-order valence-corrected chi connectivity index (χ4v) is 6.34. The number of hydrogen-bond donors (Lipinski definition) is 1. The van der Waals surface area contributed by atoms with E-state index in [0.717, 1.165) is 16.9 Å². The van der Waals surface area contributed by atoms with Gasteiger partial charge < -0.3 is 24.1 Å². The highest BCUT2D eigenvalue weighted by molar-refractivity contribution is 7.22. The zero-order chi connectivity index (χ0) is 29.0. The van der Waals surface area contributed by atoms with Crippen LogP contribution in [0.15, 0.2) is 54.1 Å². The molecule has 2 aliphatic heterocycles. The number of ketones is 1. The Morgan fingerprint density at radius 2 is 1.78 bits per heavy atom. The smallest absolute Gasteiger partial charge is 0.301 e. The number of aromatic nitrogens is 1. The summed E-state index contributed by atoms with van der Waals surface area (Å²) in [7, 11) is 4.37. The van der Waals surface area contributed by atoms with E-state index in [4.69, 9.17) is 18.9 Å². The Balaban J connectivity index is 1.59. The van der Waals surface area contributed by atoms with E-state index in [1.807, 2.05) is 6.92 Å². The molecule has 1 aromatic heterocycles. The fraction of sp³-hybridized carbons (Fsp3) is 0.233. The molecule has 9 nitrogen and oxygen atoms in total. The number of fused-ring (bicyclic) bond motifs is 2. The summed E-state index contributed by atoms with van der Waals surface area (Å²) in [6.45, 7) is 1.94. The number of nitrogens with zero attached hydrogens (tertiary/aromatic N) is 2. The number of aliphatic hydroxyl groups excluding tert-OH is 1. The first-order chi connectivity index (χ1) is 19.7. The van der Waals surface area contributed by atoms with Crippen molar-refractivity contribution in [2.75, 3.05) is 26.2 Å². The third kappa shape index (κ3) is 4.33. The molecule has 0 radical (unpaired) electrons. The number of amides is 1. The van der Waals surface area contributed by atoms with E-state index in [-0.39, 0.29) is 22.6 Å². The number of methoxy groups -OCH3 is 3. The minimum Gasteiger partial charge on any atom is -0.507 e. The van der Waals surface area contributed by atoms with Crippen LogP contribution in [0.4, 0.5) is 9.52 Å². The van der Waals surface area contributed by atoms with Crippen LogP contribution in [-0.4, -0.2) is 49.2 Å². The van der Waals surface area contributed by atoms with E-state index in [2.05, 4.69) is 4.98 Å². The molecule has 4 aromatic rings. The van der Waals surface area contributed by atoms with Gasteiger partial charge in [-0.25, -0.2) is 9.37 Å². The molecule has 1 N–H and O–H groups in total. The van der Waals surface area contributed by atoms with Gasteiger partial charge in [0.1, 0.15) is 23.4 Å². The number of thiazole rings is 1. The molecule has 210 valence electrons. The molecule has 2 unspecified atom stereocenters. The predicted octanol–water partition coefficient (Wildman–Crippen LogP) is 5.41. The normalized spacial score (nSPS) is 19.4. The van der Waals surface area contributed by atoms with Crippen molar-refractivity contribution >= 4 is 44.1 Å². The summed E-state index contributed by atoms with van der Waals surface area (Å²) in [5.41, 5.74) is 1.98. The molecule has 0 spiro atoms. The second-order valence-corrected chi connectivity index (χ2v) is 10.7. The van der Waals surface area contributed by atoms with E-state index < -0.39 is 23.5 Å². The highest BCUT2D eigenvalue weighted by Crippen LogP contribution is 2.48. The van der Waals surface area contributed by atoms with Crippen LogP contribution in [0.1, 0.15) is 29.7 Å². The lowest BCUT2D eigenvalue weighted by Gasteiger charge is -2.24. The Labute approximate surface area is 238 Å². The van der Waals surface area contributed by atoms with E-state index in [0.29, 0.717) is 50.8 Å². The van der Waals surface area contributed by atoms with Crippen LogP contribution >= 0.6 is 11.3 Å². The lowest BCUT2D eigenvalue weighted by molar-refractivity contribution is -0.132. The van der Waals surface area contributed by atoms with E-state index in [1.165, 1.54) is 44.4 Å². The number of Topliss-reactive ketones (excluding diaryl/α,β-unsaturated/α-hetero) is 1. The minimum absolute atomic E-state index is 0.0175. The van der Waals surface area contributed by atoms with Crippen LogP contribution in [-0.2, 0) is 16.0 Å². The summed E-state index contributed by atoms with van der Waals surface area (Å²) in [5, 5.41) is 11.8. The molecular weight excluding hydrogens is 551 g/mol. The minimum atomic E-state index is -1.11. The molecule has 1 saturated heterocycles. The van der Waals surface area contributed by atoms with Crippen LogP contribution in [0.3, 0.4) is 0 Å². The Morgan fingerprint density at radius 1 is 1.05 bits per heavy atom. The monoisotopic (exact) mass is 576 g/mol. The van der Waals surface area contributed by atoms with Crippen molar-refractivity contribution in [1.29, 1.82) is 0 Å². The second-order valence-electron chi connectivity index (χ2n) is 9.69. The molecule has 0 saturated carbocycles. The second kappa shape index (κ2) is 10.1. The maximum absolute atomic E-state index is 14.0. The molecule has 6 rings (SSSR count). The first-order valence-corrected chi connectivity index (χ1v) is 13.5. The van der Waals surface area contributed by atoms with Gasteiger partial charge in [-0.15, -0.1) is 0 Å². The van der Waals surface area contributed by atoms with Gasteiger partial charge in [0.15, 0.2) is 16.6 Å². The summed E-state index contributed by atoms with van der Waals surface area (Å²) in [6, 6.07) is 11.3. The third-order valence-corrected chi connectivity index (χ3v) is 8.18. The lowest BCUT2D eigenvalue weighted by Crippen LogP contribution is -2.29.